The van der Waals surface area contributed by atoms with Crippen LogP contribution in [0.2, 0.25) is 0 Å². The molecule has 9 heteroatoms. The van der Waals surface area contributed by atoms with Gasteiger partial charge in [0.2, 0.25) is 11.0 Å². The molecule has 0 unspecified atom stereocenters. The van der Waals surface area contributed by atoms with Crippen molar-refractivity contribution in [3.05, 3.63) is 17.9 Å². The molecular formula is C12H17N3O5S. The Balaban J connectivity index is 2.21. The van der Waals surface area contributed by atoms with Gasteiger partial charge in [-0.1, -0.05) is 0 Å². The van der Waals surface area contributed by atoms with E-state index in [1.54, 1.807) is 0 Å². The maximum absolute atomic E-state index is 12.3. The molecule has 2 heterocycles. The van der Waals surface area contributed by atoms with E-state index in [-0.39, 0.29) is 23.3 Å². The highest BCUT2D eigenvalue weighted by atomic mass is 32.2. The number of nitrogens with zero attached hydrogens (tertiary/aromatic N) is 2. The predicted molar refractivity (Wildman–Crippen MR) is 73.1 cm³/mol. The summed E-state index contributed by atoms with van der Waals surface area (Å²) in [5.74, 6) is -0.828. The van der Waals surface area contributed by atoms with Crippen LogP contribution in [-0.4, -0.2) is 63.2 Å². The molecule has 0 atom stereocenters. The van der Waals surface area contributed by atoms with Crippen molar-refractivity contribution >= 4 is 21.8 Å². The Labute approximate surface area is 122 Å². The highest BCUT2D eigenvalue weighted by Crippen LogP contribution is 2.18. The Morgan fingerprint density at radius 3 is 2.76 bits per heavy atom. The van der Waals surface area contributed by atoms with Gasteiger partial charge in [-0.05, 0) is 18.6 Å². The summed E-state index contributed by atoms with van der Waals surface area (Å²) < 4.78 is 29.9. The Morgan fingerprint density at radius 1 is 1.38 bits per heavy atom. The maximum Gasteiger partial charge on any atom is 0.290 e. The van der Waals surface area contributed by atoms with Gasteiger partial charge in [0.1, 0.15) is 0 Å². The van der Waals surface area contributed by atoms with Crippen molar-refractivity contribution in [2.45, 2.75) is 11.5 Å². The summed E-state index contributed by atoms with van der Waals surface area (Å²) in [6, 6.07) is 2.54. The second-order valence-electron chi connectivity index (χ2n) is 4.84. The molecule has 2 rings (SSSR count). The van der Waals surface area contributed by atoms with Gasteiger partial charge < -0.3 is 14.6 Å². The third-order valence-corrected chi connectivity index (χ3v) is 4.77. The Bertz CT molecular complexity index is 650. The number of sulfonamides is 1. The lowest BCUT2D eigenvalue weighted by Crippen LogP contribution is -2.37. The van der Waals surface area contributed by atoms with E-state index in [0.717, 1.165) is 4.31 Å². The van der Waals surface area contributed by atoms with Crippen LogP contribution >= 0.6 is 0 Å². The van der Waals surface area contributed by atoms with Crippen LogP contribution in [0.25, 0.3) is 0 Å². The molecule has 1 saturated heterocycles. The van der Waals surface area contributed by atoms with E-state index < -0.39 is 15.9 Å². The summed E-state index contributed by atoms with van der Waals surface area (Å²) >= 11 is 0. The van der Waals surface area contributed by atoms with Crippen LogP contribution in [0.5, 0.6) is 0 Å². The molecule has 1 aliphatic heterocycles. The highest BCUT2D eigenvalue weighted by molar-refractivity contribution is 7.88. The van der Waals surface area contributed by atoms with E-state index in [9.17, 15) is 18.0 Å². The number of hydrogen-bond donors (Lipinski definition) is 1. The number of furan rings is 1. The van der Waals surface area contributed by atoms with Crippen LogP contribution in [-0.2, 0) is 14.8 Å². The number of rotatable bonds is 3. The minimum Gasteiger partial charge on any atom is -0.438 e. The van der Waals surface area contributed by atoms with Crippen molar-refractivity contribution in [1.82, 2.24) is 14.5 Å². The standard InChI is InChI=1S/C12H17N3O5S/c1-14(2)21(18,19)11-5-4-9(20-11)12(17)15-7-3-6-13-10(16)8-15/h4-5H,3,6-8H2,1-2H3,(H,13,16). The van der Waals surface area contributed by atoms with Crippen LogP contribution < -0.4 is 5.32 Å². The van der Waals surface area contributed by atoms with E-state index in [2.05, 4.69) is 5.32 Å². The molecule has 0 aromatic carbocycles. The summed E-state index contributed by atoms with van der Waals surface area (Å²) in [5.41, 5.74) is 0. The van der Waals surface area contributed by atoms with Crippen LogP contribution in [0.1, 0.15) is 17.0 Å². The highest BCUT2D eigenvalue weighted by Gasteiger charge is 2.27. The summed E-state index contributed by atoms with van der Waals surface area (Å²) in [6.07, 6.45) is 0.640. The van der Waals surface area contributed by atoms with Gasteiger partial charge in [0, 0.05) is 27.2 Å². The van der Waals surface area contributed by atoms with Gasteiger partial charge in [0.15, 0.2) is 5.76 Å². The lowest BCUT2D eigenvalue weighted by Gasteiger charge is -2.17. The van der Waals surface area contributed by atoms with Crippen LogP contribution in [0, 0.1) is 0 Å². The van der Waals surface area contributed by atoms with Crippen molar-refractivity contribution in [1.29, 1.82) is 0 Å². The van der Waals surface area contributed by atoms with Gasteiger partial charge in [0.25, 0.3) is 15.9 Å². The average molecular weight is 315 g/mol. The SMILES string of the molecule is CN(C)S(=O)(=O)c1ccc(C(=O)N2CCCNC(=O)C2)o1. The molecular weight excluding hydrogens is 298 g/mol. The zero-order valence-corrected chi connectivity index (χ0v) is 12.6. The van der Waals surface area contributed by atoms with Crippen molar-refractivity contribution < 1.29 is 22.4 Å². The molecule has 2 amide bonds. The van der Waals surface area contributed by atoms with E-state index in [0.29, 0.717) is 19.5 Å². The molecule has 1 N–H and O–H groups in total. The summed E-state index contributed by atoms with van der Waals surface area (Å²) in [7, 11) is -0.975. The van der Waals surface area contributed by atoms with Crippen molar-refractivity contribution in [3.8, 4) is 0 Å². The second-order valence-corrected chi connectivity index (χ2v) is 6.92. The molecule has 8 nitrogen and oxygen atoms in total. The van der Waals surface area contributed by atoms with E-state index >= 15 is 0 Å². The molecule has 21 heavy (non-hydrogen) atoms. The van der Waals surface area contributed by atoms with Crippen molar-refractivity contribution in [2.24, 2.45) is 0 Å². The molecule has 1 fully saturated rings. The number of carbonyl (C=O) groups is 2. The van der Waals surface area contributed by atoms with Crippen LogP contribution in [0.15, 0.2) is 21.6 Å². The Kier molecular flexibility index (Phi) is 4.33. The van der Waals surface area contributed by atoms with Gasteiger partial charge in [-0.3, -0.25) is 9.59 Å². The van der Waals surface area contributed by atoms with Crippen molar-refractivity contribution in [3.63, 3.8) is 0 Å². The molecule has 1 aromatic rings. The van der Waals surface area contributed by atoms with E-state index in [1.165, 1.54) is 31.1 Å². The molecule has 1 aliphatic rings. The molecule has 0 spiro atoms. The smallest absolute Gasteiger partial charge is 0.290 e. The minimum atomic E-state index is -3.72. The first-order valence-electron chi connectivity index (χ1n) is 6.40. The first kappa shape index (κ1) is 15.5. The Morgan fingerprint density at radius 2 is 2.10 bits per heavy atom. The third-order valence-electron chi connectivity index (χ3n) is 3.08. The lowest BCUT2D eigenvalue weighted by molar-refractivity contribution is -0.121. The summed E-state index contributed by atoms with van der Waals surface area (Å²) in [5, 5.41) is 2.36. The maximum atomic E-state index is 12.3. The molecule has 0 bridgehead atoms. The van der Waals surface area contributed by atoms with Gasteiger partial charge in [-0.2, -0.15) is 0 Å². The fourth-order valence-corrected chi connectivity index (χ4v) is 2.68. The van der Waals surface area contributed by atoms with E-state index in [1.807, 2.05) is 0 Å². The van der Waals surface area contributed by atoms with Crippen LogP contribution in [0.4, 0.5) is 0 Å². The third kappa shape index (κ3) is 3.24. The molecule has 0 aliphatic carbocycles. The summed E-state index contributed by atoms with van der Waals surface area (Å²) in [4.78, 5) is 25.0. The fraction of sp³-hybridized carbons (Fsp3) is 0.500. The average Bonchev–Trinajstić information content (AvgIpc) is 2.82. The zero-order chi connectivity index (χ0) is 15.6. The quantitative estimate of drug-likeness (QED) is 0.810. The number of hydrogen-bond acceptors (Lipinski definition) is 5. The first-order valence-corrected chi connectivity index (χ1v) is 7.84. The zero-order valence-electron chi connectivity index (χ0n) is 11.8. The molecule has 1 aromatic heterocycles. The Hall–Kier alpha value is -1.87. The molecule has 0 saturated carbocycles. The van der Waals surface area contributed by atoms with Gasteiger partial charge in [-0.25, -0.2) is 12.7 Å². The molecule has 116 valence electrons. The van der Waals surface area contributed by atoms with E-state index in [4.69, 9.17) is 4.42 Å². The monoisotopic (exact) mass is 315 g/mol. The second kappa shape index (κ2) is 5.86. The predicted octanol–water partition coefficient (Wildman–Crippen LogP) is -0.508. The minimum absolute atomic E-state index is 0.0602. The number of amides is 2. The topological polar surface area (TPSA) is 99.9 Å². The molecule has 0 radical (unpaired) electrons. The lowest BCUT2D eigenvalue weighted by atomic mass is 10.3. The fourth-order valence-electron chi connectivity index (χ4n) is 1.89. The van der Waals surface area contributed by atoms with Gasteiger partial charge >= 0.3 is 0 Å². The van der Waals surface area contributed by atoms with Gasteiger partial charge in [-0.15, -0.1) is 0 Å². The largest absolute Gasteiger partial charge is 0.438 e. The van der Waals surface area contributed by atoms with Crippen LogP contribution in [0.3, 0.4) is 0 Å². The van der Waals surface area contributed by atoms with Crippen molar-refractivity contribution in [2.75, 3.05) is 33.7 Å². The summed E-state index contributed by atoms with van der Waals surface area (Å²) in [6.45, 7) is 0.865. The number of carbonyl (C=O) groups excluding carboxylic acids is 2. The number of nitrogens with one attached hydrogen (secondary N) is 1. The normalized spacial score (nSPS) is 16.7. The van der Waals surface area contributed by atoms with Gasteiger partial charge in [0.05, 0.1) is 6.54 Å². The first-order chi connectivity index (χ1) is 9.82.